The summed E-state index contributed by atoms with van der Waals surface area (Å²) in [6.07, 6.45) is 0. The fourth-order valence-corrected chi connectivity index (χ4v) is 3.13. The van der Waals surface area contributed by atoms with E-state index in [1.54, 1.807) is 13.8 Å². The van der Waals surface area contributed by atoms with Crippen LogP contribution in [0.4, 0.5) is 4.39 Å². The van der Waals surface area contributed by atoms with Gasteiger partial charge < -0.3 is 0 Å². The molecule has 0 aliphatic rings. The first-order chi connectivity index (χ1) is 8.90. The molecule has 0 bridgehead atoms. The van der Waals surface area contributed by atoms with Gasteiger partial charge in [-0.1, -0.05) is 45.7 Å². The fraction of sp³-hybridized carbons (Fsp3) is 0.250. The molecule has 0 aliphatic carbocycles. The van der Waals surface area contributed by atoms with E-state index in [1.807, 2.05) is 37.3 Å². The van der Waals surface area contributed by atoms with Gasteiger partial charge in [0.25, 0.3) is 0 Å². The third-order valence-corrected chi connectivity index (χ3v) is 4.52. The second-order valence-electron chi connectivity index (χ2n) is 4.83. The van der Waals surface area contributed by atoms with Crippen LogP contribution in [0.15, 0.2) is 30.3 Å². The zero-order valence-corrected chi connectivity index (χ0v) is 13.4. The van der Waals surface area contributed by atoms with Crippen molar-refractivity contribution >= 4 is 27.5 Å². The van der Waals surface area contributed by atoms with E-state index in [-0.39, 0.29) is 10.6 Å². The zero-order valence-electron chi connectivity index (χ0n) is 11.1. The number of alkyl halides is 1. The molecule has 19 heavy (non-hydrogen) atoms. The van der Waals surface area contributed by atoms with Crippen LogP contribution in [0.1, 0.15) is 32.6 Å². The summed E-state index contributed by atoms with van der Waals surface area (Å²) in [5.41, 5.74) is 4.64. The predicted molar refractivity (Wildman–Crippen MR) is 82.8 cm³/mol. The van der Waals surface area contributed by atoms with Crippen molar-refractivity contribution in [3.63, 3.8) is 0 Å². The molecule has 0 fully saturated rings. The van der Waals surface area contributed by atoms with Crippen LogP contribution in [0.5, 0.6) is 0 Å². The summed E-state index contributed by atoms with van der Waals surface area (Å²) in [6, 6.07) is 9.57. The third-order valence-electron chi connectivity index (χ3n) is 3.27. The van der Waals surface area contributed by atoms with Gasteiger partial charge >= 0.3 is 0 Å². The summed E-state index contributed by atoms with van der Waals surface area (Å²) >= 11 is 9.75. The Labute approximate surface area is 126 Å². The minimum Gasteiger partial charge on any atom is -0.206 e. The normalized spacial score (nSPS) is 12.5. The highest BCUT2D eigenvalue weighted by atomic mass is 79.9. The summed E-state index contributed by atoms with van der Waals surface area (Å²) in [7, 11) is 0. The van der Waals surface area contributed by atoms with Crippen molar-refractivity contribution in [2.24, 2.45) is 0 Å². The molecule has 0 saturated carbocycles. The number of hydrogen-bond acceptors (Lipinski definition) is 0. The molecule has 0 aliphatic heterocycles. The number of aryl methyl sites for hydroxylation is 3. The standard InChI is InChI=1S/C16H15BrClF/c1-9-4-5-13(18)8-14(9)15(17)12-6-10(2)16(19)11(3)7-12/h4-8,15H,1-3H3. The molecular formula is C16H15BrClF. The average molecular weight is 342 g/mol. The summed E-state index contributed by atoms with van der Waals surface area (Å²) < 4.78 is 13.7. The van der Waals surface area contributed by atoms with E-state index in [9.17, 15) is 4.39 Å². The number of hydrogen-bond donors (Lipinski definition) is 0. The van der Waals surface area contributed by atoms with E-state index in [1.165, 1.54) is 0 Å². The minimum absolute atomic E-state index is 0.0178. The van der Waals surface area contributed by atoms with Crippen molar-refractivity contribution in [1.82, 2.24) is 0 Å². The van der Waals surface area contributed by atoms with Crippen LogP contribution in [0, 0.1) is 26.6 Å². The molecule has 0 radical (unpaired) electrons. The Morgan fingerprint density at radius 3 is 2.16 bits per heavy atom. The van der Waals surface area contributed by atoms with E-state index in [0.717, 1.165) is 16.7 Å². The number of halogens is 3. The van der Waals surface area contributed by atoms with Crippen LogP contribution in [0.2, 0.25) is 5.02 Å². The summed E-state index contributed by atoms with van der Waals surface area (Å²) in [4.78, 5) is 0.0178. The quantitative estimate of drug-likeness (QED) is 0.598. The van der Waals surface area contributed by atoms with Gasteiger partial charge in [0, 0.05) is 5.02 Å². The molecule has 2 rings (SSSR count). The van der Waals surface area contributed by atoms with E-state index in [2.05, 4.69) is 15.9 Å². The molecule has 0 N–H and O–H groups in total. The Morgan fingerprint density at radius 1 is 1.00 bits per heavy atom. The number of benzene rings is 2. The summed E-state index contributed by atoms with van der Waals surface area (Å²) in [5.74, 6) is -0.133. The van der Waals surface area contributed by atoms with Crippen LogP contribution in [0.25, 0.3) is 0 Å². The average Bonchev–Trinajstić information content (AvgIpc) is 2.37. The molecular weight excluding hydrogens is 327 g/mol. The Kier molecular flexibility index (Phi) is 4.32. The van der Waals surface area contributed by atoms with Crippen molar-refractivity contribution < 1.29 is 4.39 Å². The van der Waals surface area contributed by atoms with Gasteiger partial charge in [-0.3, -0.25) is 0 Å². The molecule has 100 valence electrons. The molecule has 1 atom stereocenters. The maximum absolute atomic E-state index is 13.7. The second-order valence-corrected chi connectivity index (χ2v) is 6.18. The van der Waals surface area contributed by atoms with E-state index < -0.39 is 0 Å². The molecule has 3 heteroatoms. The summed E-state index contributed by atoms with van der Waals surface area (Å²) in [6.45, 7) is 5.62. The van der Waals surface area contributed by atoms with Gasteiger partial charge in [0.15, 0.2) is 0 Å². The molecule has 0 saturated heterocycles. The smallest absolute Gasteiger partial charge is 0.129 e. The highest BCUT2D eigenvalue weighted by Crippen LogP contribution is 2.35. The molecule has 2 aromatic carbocycles. The predicted octanol–water partition coefficient (Wildman–Crippen LogP) is 5.89. The third kappa shape index (κ3) is 3.01. The first-order valence-corrected chi connectivity index (χ1v) is 7.36. The van der Waals surface area contributed by atoms with Crippen molar-refractivity contribution in [2.45, 2.75) is 25.6 Å². The zero-order chi connectivity index (χ0) is 14.2. The first kappa shape index (κ1) is 14.5. The summed E-state index contributed by atoms with van der Waals surface area (Å²) in [5, 5.41) is 0.709. The van der Waals surface area contributed by atoms with Crippen LogP contribution in [-0.4, -0.2) is 0 Å². The van der Waals surface area contributed by atoms with E-state index in [0.29, 0.717) is 16.1 Å². The Hall–Kier alpha value is -0.860. The number of rotatable bonds is 2. The second kappa shape index (κ2) is 5.64. The lowest BCUT2D eigenvalue weighted by atomic mass is 9.97. The van der Waals surface area contributed by atoms with Crippen molar-refractivity contribution in [2.75, 3.05) is 0 Å². The lowest BCUT2D eigenvalue weighted by molar-refractivity contribution is 0.608. The molecule has 2 aromatic rings. The van der Waals surface area contributed by atoms with E-state index >= 15 is 0 Å². The first-order valence-electron chi connectivity index (χ1n) is 6.07. The van der Waals surface area contributed by atoms with Crippen molar-refractivity contribution in [1.29, 1.82) is 0 Å². The minimum atomic E-state index is -0.133. The van der Waals surface area contributed by atoms with Gasteiger partial charge in [-0.25, -0.2) is 4.39 Å². The van der Waals surface area contributed by atoms with Crippen molar-refractivity contribution in [3.05, 3.63) is 69.0 Å². The van der Waals surface area contributed by atoms with Gasteiger partial charge in [0.2, 0.25) is 0 Å². The maximum Gasteiger partial charge on any atom is 0.129 e. The molecule has 0 nitrogen and oxygen atoms in total. The Balaban J connectivity index is 2.49. The van der Waals surface area contributed by atoms with E-state index in [4.69, 9.17) is 11.6 Å². The molecule has 0 spiro atoms. The molecule has 0 aromatic heterocycles. The van der Waals surface area contributed by atoms with Gasteiger partial charge in [-0.05, 0) is 60.7 Å². The van der Waals surface area contributed by atoms with Crippen LogP contribution in [-0.2, 0) is 0 Å². The Bertz CT molecular complexity index is 599. The highest BCUT2D eigenvalue weighted by molar-refractivity contribution is 9.09. The topological polar surface area (TPSA) is 0 Å². The van der Waals surface area contributed by atoms with Crippen LogP contribution < -0.4 is 0 Å². The molecule has 1 unspecified atom stereocenters. The molecule has 0 heterocycles. The largest absolute Gasteiger partial charge is 0.206 e. The lowest BCUT2D eigenvalue weighted by Crippen LogP contribution is -1.99. The van der Waals surface area contributed by atoms with Crippen molar-refractivity contribution in [3.8, 4) is 0 Å². The lowest BCUT2D eigenvalue weighted by Gasteiger charge is -2.16. The molecule has 0 amide bonds. The van der Waals surface area contributed by atoms with Crippen LogP contribution >= 0.6 is 27.5 Å². The van der Waals surface area contributed by atoms with Gasteiger partial charge in [-0.15, -0.1) is 0 Å². The van der Waals surface area contributed by atoms with Crippen LogP contribution in [0.3, 0.4) is 0 Å². The highest BCUT2D eigenvalue weighted by Gasteiger charge is 2.15. The monoisotopic (exact) mass is 340 g/mol. The Morgan fingerprint density at radius 2 is 1.58 bits per heavy atom. The SMILES string of the molecule is Cc1ccc(Cl)cc1C(Br)c1cc(C)c(F)c(C)c1. The fourth-order valence-electron chi connectivity index (χ4n) is 2.19. The van der Waals surface area contributed by atoms with Gasteiger partial charge in [0.1, 0.15) is 5.82 Å². The maximum atomic E-state index is 13.7. The van der Waals surface area contributed by atoms with Gasteiger partial charge in [0.05, 0.1) is 4.83 Å². The van der Waals surface area contributed by atoms with Gasteiger partial charge in [-0.2, -0.15) is 0 Å².